The lowest BCUT2D eigenvalue weighted by Gasteiger charge is -2.08. The quantitative estimate of drug-likeness (QED) is 0.706. The number of thioether (sulfide) groups is 1. The lowest BCUT2D eigenvalue weighted by molar-refractivity contribution is 0.0916. The van der Waals surface area contributed by atoms with Crippen molar-refractivity contribution < 1.29 is 4.79 Å². The van der Waals surface area contributed by atoms with Gasteiger partial charge in [-0.3, -0.25) is 9.36 Å². The Labute approximate surface area is 133 Å². The van der Waals surface area contributed by atoms with Crippen LogP contribution in [0.1, 0.15) is 11.7 Å². The van der Waals surface area contributed by atoms with Crippen molar-refractivity contribution in [1.82, 2.24) is 9.55 Å². The number of fused-ring (bicyclic) bond motifs is 1. The molecule has 2 heterocycles. The molecule has 0 spiro atoms. The summed E-state index contributed by atoms with van der Waals surface area (Å²) in [5.74, 6) is 0.105. The SMILES string of the molecule is CC1Sc2nc(-c3ccccc3)c(-c3ccccc3)n2C1=O. The standard InChI is InChI=1S/C18H14N2OS/c1-12-17(21)20-16(14-10-6-3-7-11-14)15(19-18(20)22-12)13-8-4-2-5-9-13/h2-12H,1H3. The minimum absolute atomic E-state index is 0.0743. The van der Waals surface area contributed by atoms with Crippen LogP contribution in [-0.2, 0) is 0 Å². The molecule has 1 aliphatic rings. The first kappa shape index (κ1) is 13.3. The number of rotatable bonds is 2. The van der Waals surface area contributed by atoms with E-state index in [4.69, 9.17) is 4.98 Å². The van der Waals surface area contributed by atoms with Gasteiger partial charge in [-0.2, -0.15) is 0 Å². The van der Waals surface area contributed by atoms with E-state index in [2.05, 4.69) is 0 Å². The Hall–Kier alpha value is -2.33. The normalized spacial score (nSPS) is 16.8. The number of carbonyl (C=O) groups is 1. The first-order chi connectivity index (χ1) is 10.8. The molecule has 0 aliphatic carbocycles. The van der Waals surface area contributed by atoms with E-state index in [-0.39, 0.29) is 11.2 Å². The summed E-state index contributed by atoms with van der Waals surface area (Å²) >= 11 is 1.53. The first-order valence-electron chi connectivity index (χ1n) is 7.20. The predicted molar refractivity (Wildman–Crippen MR) is 89.0 cm³/mol. The molecule has 0 saturated heterocycles. The van der Waals surface area contributed by atoms with Crippen LogP contribution in [0.5, 0.6) is 0 Å². The van der Waals surface area contributed by atoms with Crippen molar-refractivity contribution >= 4 is 17.7 Å². The molecule has 0 radical (unpaired) electrons. The number of aromatic nitrogens is 2. The van der Waals surface area contributed by atoms with E-state index in [1.165, 1.54) is 11.8 Å². The van der Waals surface area contributed by atoms with Crippen LogP contribution in [0.25, 0.3) is 22.5 Å². The summed E-state index contributed by atoms with van der Waals surface area (Å²) in [7, 11) is 0. The Morgan fingerprint density at radius 3 is 2.18 bits per heavy atom. The summed E-state index contributed by atoms with van der Waals surface area (Å²) in [5, 5.41) is 0.713. The Bertz CT molecular complexity index is 840. The fourth-order valence-corrected chi connectivity index (χ4v) is 3.69. The van der Waals surface area contributed by atoms with E-state index < -0.39 is 0 Å². The molecular formula is C18H14N2OS. The molecular weight excluding hydrogens is 292 g/mol. The molecule has 1 aromatic heterocycles. The zero-order valence-corrected chi connectivity index (χ0v) is 12.9. The third-order valence-corrected chi connectivity index (χ3v) is 4.83. The summed E-state index contributed by atoms with van der Waals surface area (Å²) < 4.78 is 1.77. The molecule has 3 aromatic rings. The largest absolute Gasteiger partial charge is 0.273 e. The summed E-state index contributed by atoms with van der Waals surface area (Å²) in [6, 6.07) is 20.0. The third kappa shape index (κ3) is 1.99. The lowest BCUT2D eigenvalue weighted by atomic mass is 10.0. The van der Waals surface area contributed by atoms with Crippen LogP contribution in [0.4, 0.5) is 0 Å². The van der Waals surface area contributed by atoms with Crippen LogP contribution >= 0.6 is 11.8 Å². The number of imidazole rings is 1. The average Bonchev–Trinajstić information content (AvgIpc) is 3.06. The molecule has 0 fully saturated rings. The number of hydrogen-bond donors (Lipinski definition) is 0. The van der Waals surface area contributed by atoms with E-state index in [1.807, 2.05) is 67.6 Å². The van der Waals surface area contributed by atoms with Gasteiger partial charge in [0.05, 0.1) is 16.6 Å². The van der Waals surface area contributed by atoms with E-state index in [9.17, 15) is 4.79 Å². The monoisotopic (exact) mass is 306 g/mol. The summed E-state index contributed by atoms with van der Waals surface area (Å²) in [6.45, 7) is 1.93. The van der Waals surface area contributed by atoms with Gasteiger partial charge in [0.15, 0.2) is 5.16 Å². The maximum absolute atomic E-state index is 12.5. The molecule has 1 aliphatic heterocycles. The zero-order valence-electron chi connectivity index (χ0n) is 12.1. The third-order valence-electron chi connectivity index (χ3n) is 3.79. The second kappa shape index (κ2) is 5.14. The van der Waals surface area contributed by atoms with Crippen LogP contribution < -0.4 is 0 Å². The predicted octanol–water partition coefficient (Wildman–Crippen LogP) is 4.35. The Kier molecular flexibility index (Phi) is 3.12. The van der Waals surface area contributed by atoms with Crippen molar-refractivity contribution in [3.8, 4) is 22.5 Å². The summed E-state index contributed by atoms with van der Waals surface area (Å²) in [6.07, 6.45) is 0. The highest BCUT2D eigenvalue weighted by atomic mass is 32.2. The number of hydrogen-bond acceptors (Lipinski definition) is 3. The molecule has 3 nitrogen and oxygen atoms in total. The minimum atomic E-state index is -0.0743. The van der Waals surface area contributed by atoms with Crippen molar-refractivity contribution in [3.63, 3.8) is 0 Å². The Morgan fingerprint density at radius 2 is 1.55 bits per heavy atom. The average molecular weight is 306 g/mol. The summed E-state index contributed by atoms with van der Waals surface area (Å²) in [5.41, 5.74) is 3.81. The fraction of sp³-hybridized carbons (Fsp3) is 0.111. The number of nitrogens with zero attached hydrogens (tertiary/aromatic N) is 2. The molecule has 0 bridgehead atoms. The molecule has 2 aromatic carbocycles. The first-order valence-corrected chi connectivity index (χ1v) is 8.08. The van der Waals surface area contributed by atoms with Crippen LogP contribution in [-0.4, -0.2) is 20.7 Å². The Morgan fingerprint density at radius 1 is 0.955 bits per heavy atom. The Balaban J connectivity index is 2.00. The fourth-order valence-electron chi connectivity index (χ4n) is 2.73. The molecule has 22 heavy (non-hydrogen) atoms. The van der Waals surface area contributed by atoms with Gasteiger partial charge in [0.1, 0.15) is 0 Å². The van der Waals surface area contributed by atoms with E-state index in [0.717, 1.165) is 27.7 Å². The second-order valence-electron chi connectivity index (χ2n) is 5.26. The summed E-state index contributed by atoms with van der Waals surface area (Å²) in [4.78, 5) is 17.3. The minimum Gasteiger partial charge on any atom is -0.273 e. The van der Waals surface area contributed by atoms with E-state index in [1.54, 1.807) is 4.57 Å². The van der Waals surface area contributed by atoms with Crippen LogP contribution in [0, 0.1) is 0 Å². The van der Waals surface area contributed by atoms with E-state index >= 15 is 0 Å². The van der Waals surface area contributed by atoms with Crippen LogP contribution in [0.15, 0.2) is 65.8 Å². The number of benzene rings is 2. The lowest BCUT2D eigenvalue weighted by Crippen LogP contribution is -2.15. The van der Waals surface area contributed by atoms with Gasteiger partial charge in [0.2, 0.25) is 5.91 Å². The highest BCUT2D eigenvalue weighted by Crippen LogP contribution is 2.41. The molecule has 0 saturated carbocycles. The van der Waals surface area contributed by atoms with Crippen molar-refractivity contribution in [2.24, 2.45) is 0 Å². The maximum Gasteiger partial charge on any atom is 0.246 e. The molecule has 108 valence electrons. The highest BCUT2D eigenvalue weighted by molar-refractivity contribution is 8.00. The molecule has 4 rings (SSSR count). The van der Waals surface area contributed by atoms with Gasteiger partial charge in [-0.25, -0.2) is 4.98 Å². The van der Waals surface area contributed by atoms with Gasteiger partial charge >= 0.3 is 0 Å². The van der Waals surface area contributed by atoms with Crippen molar-refractivity contribution in [3.05, 3.63) is 60.7 Å². The topological polar surface area (TPSA) is 34.9 Å². The van der Waals surface area contributed by atoms with E-state index in [0.29, 0.717) is 0 Å². The smallest absolute Gasteiger partial charge is 0.246 e. The highest BCUT2D eigenvalue weighted by Gasteiger charge is 2.34. The van der Waals surface area contributed by atoms with Gasteiger partial charge < -0.3 is 0 Å². The van der Waals surface area contributed by atoms with Crippen LogP contribution in [0.2, 0.25) is 0 Å². The molecule has 1 atom stereocenters. The molecule has 0 N–H and O–H groups in total. The van der Waals surface area contributed by atoms with Crippen molar-refractivity contribution in [2.75, 3.05) is 0 Å². The number of carbonyl (C=O) groups excluding carboxylic acids is 1. The van der Waals surface area contributed by atoms with Crippen molar-refractivity contribution in [2.45, 2.75) is 17.3 Å². The molecule has 0 amide bonds. The maximum atomic E-state index is 12.5. The molecule has 4 heteroatoms. The van der Waals surface area contributed by atoms with Gasteiger partial charge in [-0.1, -0.05) is 72.4 Å². The second-order valence-corrected chi connectivity index (χ2v) is 6.57. The van der Waals surface area contributed by atoms with Gasteiger partial charge in [-0.05, 0) is 6.92 Å². The van der Waals surface area contributed by atoms with Crippen LogP contribution in [0.3, 0.4) is 0 Å². The van der Waals surface area contributed by atoms with Gasteiger partial charge in [0, 0.05) is 11.1 Å². The van der Waals surface area contributed by atoms with Crippen molar-refractivity contribution in [1.29, 1.82) is 0 Å². The van der Waals surface area contributed by atoms with Gasteiger partial charge in [-0.15, -0.1) is 0 Å². The van der Waals surface area contributed by atoms with Gasteiger partial charge in [0.25, 0.3) is 0 Å². The molecule has 1 unspecified atom stereocenters. The zero-order chi connectivity index (χ0) is 15.1.